The molecule has 0 spiro atoms. The summed E-state index contributed by atoms with van der Waals surface area (Å²) < 4.78 is 5.28. The van der Waals surface area contributed by atoms with Gasteiger partial charge in [-0.1, -0.05) is 13.0 Å². The van der Waals surface area contributed by atoms with Gasteiger partial charge in [0.2, 0.25) is 0 Å². The molecule has 0 saturated carbocycles. The number of rotatable bonds is 4. The fourth-order valence-corrected chi connectivity index (χ4v) is 1.65. The van der Waals surface area contributed by atoms with Crippen LogP contribution < -0.4 is 15.4 Å². The van der Waals surface area contributed by atoms with Crippen LogP contribution in [0.5, 0.6) is 5.75 Å². The van der Waals surface area contributed by atoms with Gasteiger partial charge in [-0.05, 0) is 30.7 Å². The molecule has 4 heteroatoms. The van der Waals surface area contributed by atoms with Crippen LogP contribution in [0.3, 0.4) is 0 Å². The lowest BCUT2D eigenvalue weighted by Crippen LogP contribution is -2.25. The van der Waals surface area contributed by atoms with Gasteiger partial charge in [-0.15, -0.1) is 0 Å². The zero-order chi connectivity index (χ0) is 11.4. The lowest BCUT2D eigenvalue weighted by Gasteiger charge is -2.18. The molecule has 1 amide bonds. The molecule has 4 nitrogen and oxygen atoms in total. The SMILES string of the molecule is CCCNCc1ccc2c(c1)NC(=O)CO2. The molecule has 0 saturated heterocycles. The molecule has 2 N–H and O–H groups in total. The third kappa shape index (κ3) is 2.52. The third-order valence-electron chi connectivity index (χ3n) is 2.43. The van der Waals surface area contributed by atoms with Crippen molar-refractivity contribution in [2.75, 3.05) is 18.5 Å². The molecule has 0 unspecified atom stereocenters. The van der Waals surface area contributed by atoms with Crippen LogP contribution in [0.1, 0.15) is 18.9 Å². The number of amides is 1. The minimum atomic E-state index is -0.0915. The summed E-state index contributed by atoms with van der Waals surface area (Å²) in [4.78, 5) is 11.1. The molecular weight excluding hydrogens is 204 g/mol. The number of nitrogens with one attached hydrogen (secondary N) is 2. The number of carbonyl (C=O) groups is 1. The van der Waals surface area contributed by atoms with Gasteiger partial charge in [-0.25, -0.2) is 0 Å². The molecule has 0 fully saturated rings. The number of anilines is 1. The van der Waals surface area contributed by atoms with Crippen molar-refractivity contribution in [1.82, 2.24) is 5.32 Å². The molecule has 0 atom stereocenters. The van der Waals surface area contributed by atoms with E-state index in [0.29, 0.717) is 0 Å². The predicted molar refractivity (Wildman–Crippen MR) is 62.6 cm³/mol. The number of benzene rings is 1. The van der Waals surface area contributed by atoms with Crippen LogP contribution in [0, 0.1) is 0 Å². The molecular formula is C12H16N2O2. The molecule has 0 aromatic heterocycles. The highest BCUT2D eigenvalue weighted by Crippen LogP contribution is 2.28. The molecule has 0 bridgehead atoms. The van der Waals surface area contributed by atoms with Crippen molar-refractivity contribution < 1.29 is 9.53 Å². The Balaban J connectivity index is 2.06. The van der Waals surface area contributed by atoms with E-state index in [4.69, 9.17) is 4.74 Å². The first-order chi connectivity index (χ1) is 7.79. The van der Waals surface area contributed by atoms with Gasteiger partial charge >= 0.3 is 0 Å². The second kappa shape index (κ2) is 4.99. The van der Waals surface area contributed by atoms with Crippen LogP contribution in [0.15, 0.2) is 18.2 Å². The predicted octanol–water partition coefficient (Wildman–Crippen LogP) is 1.52. The van der Waals surface area contributed by atoms with Gasteiger partial charge in [0.25, 0.3) is 5.91 Å². The van der Waals surface area contributed by atoms with E-state index in [1.165, 1.54) is 0 Å². The van der Waals surface area contributed by atoms with E-state index in [-0.39, 0.29) is 12.5 Å². The normalized spacial score (nSPS) is 13.9. The van der Waals surface area contributed by atoms with Gasteiger partial charge in [0.15, 0.2) is 6.61 Å². The Bertz CT molecular complexity index is 391. The van der Waals surface area contributed by atoms with Crippen molar-refractivity contribution in [1.29, 1.82) is 0 Å². The maximum absolute atomic E-state index is 11.1. The highest BCUT2D eigenvalue weighted by molar-refractivity contribution is 5.95. The van der Waals surface area contributed by atoms with Crippen molar-refractivity contribution in [2.45, 2.75) is 19.9 Å². The Kier molecular flexibility index (Phi) is 3.41. The first-order valence-electron chi connectivity index (χ1n) is 5.56. The fourth-order valence-electron chi connectivity index (χ4n) is 1.65. The quantitative estimate of drug-likeness (QED) is 0.756. The Morgan fingerprint density at radius 3 is 3.19 bits per heavy atom. The maximum atomic E-state index is 11.1. The number of hydrogen-bond donors (Lipinski definition) is 2. The summed E-state index contributed by atoms with van der Waals surface area (Å²) in [7, 11) is 0. The van der Waals surface area contributed by atoms with Crippen LogP contribution in [0.4, 0.5) is 5.69 Å². The lowest BCUT2D eigenvalue weighted by atomic mass is 10.1. The standard InChI is InChI=1S/C12H16N2O2/c1-2-5-13-7-9-3-4-11-10(6-9)14-12(15)8-16-11/h3-4,6,13H,2,5,7-8H2,1H3,(H,14,15). The van der Waals surface area contributed by atoms with E-state index >= 15 is 0 Å². The van der Waals surface area contributed by atoms with Crippen LogP contribution in [-0.4, -0.2) is 19.1 Å². The summed E-state index contributed by atoms with van der Waals surface area (Å²) in [5.74, 6) is 0.657. The van der Waals surface area contributed by atoms with Gasteiger partial charge in [0, 0.05) is 6.54 Å². The molecule has 1 aliphatic rings. The second-order valence-corrected chi connectivity index (χ2v) is 3.84. The summed E-state index contributed by atoms with van der Waals surface area (Å²) in [5.41, 5.74) is 1.92. The van der Waals surface area contributed by atoms with Crippen molar-refractivity contribution in [2.24, 2.45) is 0 Å². The molecule has 1 aliphatic heterocycles. The summed E-state index contributed by atoms with van der Waals surface area (Å²) in [6, 6.07) is 5.87. The van der Waals surface area contributed by atoms with E-state index < -0.39 is 0 Å². The van der Waals surface area contributed by atoms with E-state index in [2.05, 4.69) is 17.6 Å². The van der Waals surface area contributed by atoms with Crippen LogP contribution >= 0.6 is 0 Å². The van der Waals surface area contributed by atoms with Gasteiger partial charge < -0.3 is 15.4 Å². The maximum Gasteiger partial charge on any atom is 0.262 e. The highest BCUT2D eigenvalue weighted by Gasteiger charge is 2.15. The smallest absolute Gasteiger partial charge is 0.262 e. The summed E-state index contributed by atoms with van der Waals surface area (Å²) >= 11 is 0. The molecule has 16 heavy (non-hydrogen) atoms. The average Bonchev–Trinajstić information content (AvgIpc) is 2.29. The largest absolute Gasteiger partial charge is 0.482 e. The molecule has 1 heterocycles. The number of fused-ring (bicyclic) bond motifs is 1. The Labute approximate surface area is 95.0 Å². The molecule has 0 aliphatic carbocycles. The average molecular weight is 220 g/mol. The zero-order valence-corrected chi connectivity index (χ0v) is 9.38. The number of ether oxygens (including phenoxy) is 1. The fraction of sp³-hybridized carbons (Fsp3) is 0.417. The zero-order valence-electron chi connectivity index (χ0n) is 9.38. The van der Waals surface area contributed by atoms with Crippen molar-refractivity contribution >= 4 is 11.6 Å². The molecule has 1 aromatic rings. The summed E-state index contributed by atoms with van der Waals surface area (Å²) in [6.07, 6.45) is 1.12. The van der Waals surface area contributed by atoms with Crippen LogP contribution in [0.25, 0.3) is 0 Å². The van der Waals surface area contributed by atoms with E-state index in [9.17, 15) is 4.79 Å². The molecule has 1 aromatic carbocycles. The van der Waals surface area contributed by atoms with Gasteiger partial charge in [0.1, 0.15) is 5.75 Å². The molecule has 0 radical (unpaired) electrons. The highest BCUT2D eigenvalue weighted by atomic mass is 16.5. The van der Waals surface area contributed by atoms with Crippen molar-refractivity contribution in [3.05, 3.63) is 23.8 Å². The third-order valence-corrected chi connectivity index (χ3v) is 2.43. The van der Waals surface area contributed by atoms with Crippen LogP contribution in [-0.2, 0) is 11.3 Å². The first kappa shape index (κ1) is 11.0. The Morgan fingerprint density at radius 1 is 1.50 bits per heavy atom. The molecule has 86 valence electrons. The lowest BCUT2D eigenvalue weighted by molar-refractivity contribution is -0.118. The van der Waals surface area contributed by atoms with E-state index in [1.807, 2.05) is 18.2 Å². The van der Waals surface area contributed by atoms with Gasteiger partial charge in [0.05, 0.1) is 5.69 Å². The topological polar surface area (TPSA) is 50.4 Å². The molecule has 2 rings (SSSR count). The minimum Gasteiger partial charge on any atom is -0.482 e. The second-order valence-electron chi connectivity index (χ2n) is 3.84. The Hall–Kier alpha value is -1.55. The minimum absolute atomic E-state index is 0.0915. The van der Waals surface area contributed by atoms with E-state index in [0.717, 1.165) is 36.5 Å². The number of carbonyl (C=O) groups excluding carboxylic acids is 1. The first-order valence-corrected chi connectivity index (χ1v) is 5.56. The number of hydrogen-bond acceptors (Lipinski definition) is 3. The summed E-state index contributed by atoms with van der Waals surface area (Å²) in [6.45, 7) is 4.06. The van der Waals surface area contributed by atoms with Crippen molar-refractivity contribution in [3.63, 3.8) is 0 Å². The van der Waals surface area contributed by atoms with E-state index in [1.54, 1.807) is 0 Å². The monoisotopic (exact) mass is 220 g/mol. The van der Waals surface area contributed by atoms with Gasteiger partial charge in [-0.3, -0.25) is 4.79 Å². The summed E-state index contributed by atoms with van der Waals surface area (Å²) in [5, 5.41) is 6.11. The van der Waals surface area contributed by atoms with Crippen molar-refractivity contribution in [3.8, 4) is 5.75 Å². The Morgan fingerprint density at radius 2 is 2.38 bits per heavy atom. The van der Waals surface area contributed by atoms with Crippen LogP contribution in [0.2, 0.25) is 0 Å². The van der Waals surface area contributed by atoms with Gasteiger partial charge in [-0.2, -0.15) is 0 Å².